The van der Waals surface area contributed by atoms with Gasteiger partial charge in [0.2, 0.25) is 5.91 Å². The second-order valence-corrected chi connectivity index (χ2v) is 9.67. The second-order valence-electron chi connectivity index (χ2n) is 8.44. The number of ether oxygens (including phenoxy) is 1. The van der Waals surface area contributed by atoms with Crippen molar-refractivity contribution in [2.24, 2.45) is 0 Å². The Bertz CT molecular complexity index is 1580. The average Bonchev–Trinajstić information content (AvgIpc) is 3.43. The van der Waals surface area contributed by atoms with Crippen LogP contribution in [0.3, 0.4) is 0 Å². The molecule has 1 amide bonds. The normalized spacial score (nSPS) is 11.8. The first-order valence-electron chi connectivity index (χ1n) is 11.5. The maximum absolute atomic E-state index is 12.9. The lowest BCUT2D eigenvalue weighted by molar-refractivity contribution is -0.111. The summed E-state index contributed by atoms with van der Waals surface area (Å²) in [5.74, 6) is 0.527. The Balaban J connectivity index is 1.53. The summed E-state index contributed by atoms with van der Waals surface area (Å²) < 4.78 is 13.1. The first-order chi connectivity index (χ1) is 16.9. The zero-order valence-electron chi connectivity index (χ0n) is 20.1. The summed E-state index contributed by atoms with van der Waals surface area (Å²) in [6, 6.07) is 18.0. The van der Waals surface area contributed by atoms with Crippen LogP contribution in [0.5, 0.6) is 5.75 Å². The summed E-state index contributed by atoms with van der Waals surface area (Å²) in [6.07, 6.45) is 3.40. The quantitative estimate of drug-likeness (QED) is 0.251. The first kappa shape index (κ1) is 22.9. The van der Waals surface area contributed by atoms with E-state index < -0.39 is 0 Å². The Labute approximate surface area is 208 Å². The van der Waals surface area contributed by atoms with E-state index in [1.165, 1.54) is 0 Å². The van der Waals surface area contributed by atoms with Gasteiger partial charge in [0.15, 0.2) is 0 Å². The number of nitrogens with zero attached hydrogens (tertiary/aromatic N) is 1. The fraction of sp³-hybridized carbons (Fsp3) is 0.172. The molecule has 3 aromatic carbocycles. The molecule has 1 N–H and O–H groups in total. The molecule has 2 heterocycles. The van der Waals surface area contributed by atoms with Crippen molar-refractivity contribution >= 4 is 49.7 Å². The molecule has 6 heteroatoms. The molecular formula is C29H26N2O3S. The van der Waals surface area contributed by atoms with E-state index in [0.717, 1.165) is 65.5 Å². The van der Waals surface area contributed by atoms with Crippen molar-refractivity contribution in [2.75, 3.05) is 11.9 Å². The Morgan fingerprint density at radius 2 is 1.94 bits per heavy atom. The number of allylic oxidation sites excluding steroid dienone is 1. The summed E-state index contributed by atoms with van der Waals surface area (Å²) in [6.45, 7) is 8.36. The fourth-order valence-electron chi connectivity index (χ4n) is 4.35. The van der Waals surface area contributed by atoms with Crippen molar-refractivity contribution in [3.05, 3.63) is 83.1 Å². The molecule has 0 aliphatic heterocycles. The second kappa shape index (κ2) is 9.39. The average molecular weight is 483 g/mol. The zero-order chi connectivity index (χ0) is 24.5. The molecule has 5 nitrogen and oxygen atoms in total. The summed E-state index contributed by atoms with van der Waals surface area (Å²) in [5, 5.41) is 4.96. The molecule has 176 valence electrons. The minimum atomic E-state index is -0.204. The molecule has 5 rings (SSSR count). The molecular weight excluding hydrogens is 456 g/mol. The zero-order valence-corrected chi connectivity index (χ0v) is 21.0. The van der Waals surface area contributed by atoms with E-state index in [4.69, 9.17) is 9.15 Å². The molecule has 2 aromatic heterocycles. The molecule has 0 saturated carbocycles. The van der Waals surface area contributed by atoms with Gasteiger partial charge in [-0.2, -0.15) is 0 Å². The van der Waals surface area contributed by atoms with Gasteiger partial charge in [-0.3, -0.25) is 4.79 Å². The SMILES string of the molecule is CCOc1c(/C(C)=C/C(=O)Nc2ccc3sc(C)nc3c2)cc2c(-c3ccccc3)coc2c1C. The number of rotatable bonds is 6. The van der Waals surface area contributed by atoms with Gasteiger partial charge >= 0.3 is 0 Å². The number of amides is 1. The number of hydrogen-bond acceptors (Lipinski definition) is 5. The van der Waals surface area contributed by atoms with Crippen LogP contribution in [0.2, 0.25) is 0 Å². The van der Waals surface area contributed by atoms with E-state index in [-0.39, 0.29) is 5.91 Å². The van der Waals surface area contributed by atoms with Crippen molar-refractivity contribution in [1.82, 2.24) is 4.98 Å². The maximum atomic E-state index is 12.9. The first-order valence-corrected chi connectivity index (χ1v) is 12.4. The van der Waals surface area contributed by atoms with Gasteiger partial charge in [0.05, 0.1) is 28.1 Å². The van der Waals surface area contributed by atoms with E-state index in [0.29, 0.717) is 6.61 Å². The van der Waals surface area contributed by atoms with Gasteiger partial charge in [-0.05, 0) is 63.1 Å². The smallest absolute Gasteiger partial charge is 0.248 e. The summed E-state index contributed by atoms with van der Waals surface area (Å²) in [7, 11) is 0. The van der Waals surface area contributed by atoms with Crippen molar-refractivity contribution in [3.63, 3.8) is 0 Å². The van der Waals surface area contributed by atoms with Crippen LogP contribution < -0.4 is 10.1 Å². The van der Waals surface area contributed by atoms with Gasteiger partial charge in [0, 0.05) is 33.8 Å². The lowest BCUT2D eigenvalue weighted by Crippen LogP contribution is -2.09. The number of carbonyl (C=O) groups excluding carboxylic acids is 1. The molecule has 5 aromatic rings. The van der Waals surface area contributed by atoms with Gasteiger partial charge < -0.3 is 14.5 Å². The van der Waals surface area contributed by atoms with Crippen LogP contribution in [0.1, 0.15) is 30.0 Å². The fourth-order valence-corrected chi connectivity index (χ4v) is 5.16. The van der Waals surface area contributed by atoms with E-state index in [1.807, 2.05) is 64.1 Å². The Morgan fingerprint density at radius 3 is 2.71 bits per heavy atom. The third-order valence-electron chi connectivity index (χ3n) is 5.95. The molecule has 0 atom stereocenters. The monoisotopic (exact) mass is 482 g/mol. The number of carbonyl (C=O) groups is 1. The van der Waals surface area contributed by atoms with Gasteiger partial charge in [0.1, 0.15) is 11.3 Å². The Kier molecular flexibility index (Phi) is 6.14. The highest BCUT2D eigenvalue weighted by Gasteiger charge is 2.19. The number of nitrogens with one attached hydrogen (secondary N) is 1. The van der Waals surface area contributed by atoms with Crippen LogP contribution in [0, 0.1) is 13.8 Å². The minimum Gasteiger partial charge on any atom is -0.493 e. The Morgan fingerprint density at radius 1 is 1.14 bits per heavy atom. The van der Waals surface area contributed by atoms with Crippen LogP contribution in [0.25, 0.3) is 37.9 Å². The number of furan rings is 1. The van der Waals surface area contributed by atoms with Crippen LogP contribution in [0.4, 0.5) is 5.69 Å². The predicted octanol–water partition coefficient (Wildman–Crippen LogP) is 7.77. The van der Waals surface area contributed by atoms with Gasteiger partial charge in [-0.1, -0.05) is 30.3 Å². The number of thiazole rings is 1. The lowest BCUT2D eigenvalue weighted by Gasteiger charge is -2.15. The van der Waals surface area contributed by atoms with Crippen molar-refractivity contribution in [1.29, 1.82) is 0 Å². The molecule has 0 unspecified atom stereocenters. The van der Waals surface area contributed by atoms with Crippen LogP contribution in [-0.2, 0) is 4.79 Å². The number of fused-ring (bicyclic) bond motifs is 2. The summed E-state index contributed by atoms with van der Waals surface area (Å²) >= 11 is 1.64. The van der Waals surface area contributed by atoms with Crippen molar-refractivity contribution in [3.8, 4) is 16.9 Å². The third-order valence-corrected chi connectivity index (χ3v) is 6.90. The van der Waals surface area contributed by atoms with Crippen molar-refractivity contribution in [2.45, 2.75) is 27.7 Å². The molecule has 0 aliphatic carbocycles. The standard InChI is InChI=1S/C29H26N2O3S/c1-5-33-28-18(3)29-23(24(16-34-29)20-9-7-6-8-10-20)15-22(28)17(2)13-27(32)31-21-11-12-26-25(14-21)30-19(4)35-26/h6-16H,5H2,1-4H3,(H,31,32)/b17-13+. The predicted molar refractivity (Wildman–Crippen MR) is 144 cm³/mol. The largest absolute Gasteiger partial charge is 0.493 e. The molecule has 0 saturated heterocycles. The van der Waals surface area contributed by atoms with Gasteiger partial charge in [-0.25, -0.2) is 4.98 Å². The molecule has 0 radical (unpaired) electrons. The molecule has 0 aliphatic rings. The number of benzene rings is 3. The Hall–Kier alpha value is -3.90. The van der Waals surface area contributed by atoms with Crippen molar-refractivity contribution < 1.29 is 13.9 Å². The summed E-state index contributed by atoms with van der Waals surface area (Å²) in [5.41, 5.74) is 7.08. The minimum absolute atomic E-state index is 0.204. The number of anilines is 1. The van der Waals surface area contributed by atoms with E-state index in [9.17, 15) is 4.79 Å². The van der Waals surface area contributed by atoms with E-state index in [2.05, 4.69) is 28.5 Å². The highest BCUT2D eigenvalue weighted by Crippen LogP contribution is 2.40. The molecule has 0 bridgehead atoms. The highest BCUT2D eigenvalue weighted by molar-refractivity contribution is 7.18. The maximum Gasteiger partial charge on any atom is 0.248 e. The topological polar surface area (TPSA) is 64.4 Å². The van der Waals surface area contributed by atoms with Gasteiger partial charge in [-0.15, -0.1) is 11.3 Å². The highest BCUT2D eigenvalue weighted by atomic mass is 32.1. The number of aryl methyl sites for hydroxylation is 2. The third kappa shape index (κ3) is 4.45. The van der Waals surface area contributed by atoms with Crippen LogP contribution in [-0.4, -0.2) is 17.5 Å². The number of aromatic nitrogens is 1. The molecule has 35 heavy (non-hydrogen) atoms. The lowest BCUT2D eigenvalue weighted by atomic mass is 9.96. The van der Waals surface area contributed by atoms with Crippen LogP contribution >= 0.6 is 11.3 Å². The summed E-state index contributed by atoms with van der Waals surface area (Å²) in [4.78, 5) is 17.4. The van der Waals surface area contributed by atoms with Gasteiger partial charge in [0.25, 0.3) is 0 Å². The van der Waals surface area contributed by atoms with E-state index in [1.54, 1.807) is 23.7 Å². The molecule has 0 spiro atoms. The molecule has 0 fully saturated rings. The number of hydrogen-bond donors (Lipinski definition) is 1. The van der Waals surface area contributed by atoms with Crippen LogP contribution in [0.15, 0.2) is 71.4 Å². The van der Waals surface area contributed by atoms with E-state index >= 15 is 0 Å².